The molecule has 0 saturated heterocycles. The molecule has 2 N–H and O–H groups in total. The van der Waals surface area contributed by atoms with E-state index in [2.05, 4.69) is 10.3 Å². The van der Waals surface area contributed by atoms with Gasteiger partial charge in [0.25, 0.3) is 5.69 Å². The van der Waals surface area contributed by atoms with Crippen LogP contribution < -0.4 is 5.32 Å². The monoisotopic (exact) mass is 371 g/mol. The van der Waals surface area contributed by atoms with Crippen LogP contribution in [0, 0.1) is 10.1 Å². The van der Waals surface area contributed by atoms with Crippen LogP contribution in [0.4, 0.5) is 11.5 Å². The summed E-state index contributed by atoms with van der Waals surface area (Å²) >= 11 is 0. The predicted octanol–water partition coefficient (Wildman–Crippen LogP) is 5.05. The van der Waals surface area contributed by atoms with Crippen molar-refractivity contribution in [2.75, 3.05) is 5.32 Å². The zero-order chi connectivity index (χ0) is 19.5. The van der Waals surface area contributed by atoms with Crippen molar-refractivity contribution in [1.82, 2.24) is 4.98 Å². The molecule has 0 aliphatic heterocycles. The van der Waals surface area contributed by atoms with Crippen LogP contribution in [0.15, 0.2) is 85.1 Å². The number of aromatic nitrogens is 1. The Hall–Kier alpha value is -3.93. The van der Waals surface area contributed by atoms with Crippen molar-refractivity contribution in [3.05, 3.63) is 106 Å². The van der Waals surface area contributed by atoms with Crippen molar-refractivity contribution in [2.24, 2.45) is 0 Å². The molecule has 0 amide bonds. The first-order valence-corrected chi connectivity index (χ1v) is 8.76. The molecule has 1 heterocycles. The summed E-state index contributed by atoms with van der Waals surface area (Å²) in [5.74, 6) is 0.781. The largest absolute Gasteiger partial charge is 0.508 e. The molecule has 6 heteroatoms. The summed E-state index contributed by atoms with van der Waals surface area (Å²) in [5, 5.41) is 26.9. The third-order valence-electron chi connectivity index (χ3n) is 4.63. The van der Waals surface area contributed by atoms with Crippen LogP contribution in [0.1, 0.15) is 17.2 Å². The van der Waals surface area contributed by atoms with Gasteiger partial charge in [-0.1, -0.05) is 36.4 Å². The van der Waals surface area contributed by atoms with Gasteiger partial charge in [0.2, 0.25) is 0 Å². The Labute approximate surface area is 161 Å². The highest BCUT2D eigenvalue weighted by molar-refractivity contribution is 5.89. The Balaban J connectivity index is 1.88. The molecule has 1 atom stereocenters. The van der Waals surface area contributed by atoms with E-state index in [1.165, 1.54) is 12.1 Å². The summed E-state index contributed by atoms with van der Waals surface area (Å²) in [4.78, 5) is 14.9. The van der Waals surface area contributed by atoms with E-state index in [0.29, 0.717) is 11.4 Å². The number of nitrogens with zero attached hydrogens (tertiary/aromatic N) is 2. The second-order valence-electron chi connectivity index (χ2n) is 6.36. The van der Waals surface area contributed by atoms with Crippen LogP contribution in [0.2, 0.25) is 0 Å². The lowest BCUT2D eigenvalue weighted by Gasteiger charge is -2.23. The molecule has 0 saturated carbocycles. The van der Waals surface area contributed by atoms with Crippen molar-refractivity contribution in [3.8, 4) is 5.75 Å². The highest BCUT2D eigenvalue weighted by Gasteiger charge is 2.21. The summed E-state index contributed by atoms with van der Waals surface area (Å²) in [5.41, 5.74) is 1.49. The Morgan fingerprint density at radius 2 is 1.68 bits per heavy atom. The number of aromatic hydroxyl groups is 1. The van der Waals surface area contributed by atoms with Gasteiger partial charge in [0.1, 0.15) is 11.6 Å². The van der Waals surface area contributed by atoms with Crippen LogP contribution in [0.25, 0.3) is 10.8 Å². The lowest BCUT2D eigenvalue weighted by Crippen LogP contribution is -2.14. The number of benzene rings is 3. The first-order valence-electron chi connectivity index (χ1n) is 8.76. The Bertz CT molecular complexity index is 1130. The number of hydrogen-bond donors (Lipinski definition) is 2. The number of pyridine rings is 1. The van der Waals surface area contributed by atoms with Gasteiger partial charge in [0.15, 0.2) is 0 Å². The fourth-order valence-electron chi connectivity index (χ4n) is 3.29. The molecule has 3 aromatic carbocycles. The molecule has 0 radical (unpaired) electrons. The Kier molecular flexibility index (Phi) is 4.60. The van der Waals surface area contributed by atoms with Crippen molar-refractivity contribution in [2.45, 2.75) is 6.04 Å². The Morgan fingerprint density at radius 1 is 0.929 bits per heavy atom. The smallest absolute Gasteiger partial charge is 0.269 e. The topological polar surface area (TPSA) is 88.3 Å². The van der Waals surface area contributed by atoms with Crippen LogP contribution in [0.5, 0.6) is 5.75 Å². The molecule has 4 rings (SSSR count). The van der Waals surface area contributed by atoms with Crippen molar-refractivity contribution in [3.63, 3.8) is 0 Å². The maximum Gasteiger partial charge on any atom is 0.269 e. The van der Waals surface area contributed by atoms with E-state index in [1.807, 2.05) is 48.5 Å². The van der Waals surface area contributed by atoms with E-state index in [9.17, 15) is 15.2 Å². The average Bonchev–Trinajstić information content (AvgIpc) is 2.73. The van der Waals surface area contributed by atoms with Gasteiger partial charge in [-0.05, 0) is 46.7 Å². The predicted molar refractivity (Wildman–Crippen MR) is 108 cm³/mol. The molecule has 1 aromatic heterocycles. The van der Waals surface area contributed by atoms with Gasteiger partial charge < -0.3 is 10.4 Å². The van der Waals surface area contributed by atoms with Crippen LogP contribution in [0.3, 0.4) is 0 Å². The van der Waals surface area contributed by atoms with Gasteiger partial charge >= 0.3 is 0 Å². The minimum absolute atomic E-state index is 0.0162. The molecule has 0 bridgehead atoms. The van der Waals surface area contributed by atoms with Crippen LogP contribution in [-0.2, 0) is 0 Å². The molecule has 0 aliphatic carbocycles. The average molecular weight is 371 g/mol. The Morgan fingerprint density at radius 3 is 2.39 bits per heavy atom. The second-order valence-corrected chi connectivity index (χ2v) is 6.36. The zero-order valence-electron chi connectivity index (χ0n) is 14.8. The molecule has 0 fully saturated rings. The summed E-state index contributed by atoms with van der Waals surface area (Å²) < 4.78 is 0. The number of nitro groups is 1. The highest BCUT2D eigenvalue weighted by atomic mass is 16.6. The van der Waals surface area contributed by atoms with E-state index in [-0.39, 0.29) is 11.4 Å². The van der Waals surface area contributed by atoms with Gasteiger partial charge in [-0.3, -0.25) is 10.1 Å². The molecular weight excluding hydrogens is 354 g/mol. The van der Waals surface area contributed by atoms with E-state index < -0.39 is 11.0 Å². The second kappa shape index (κ2) is 7.36. The zero-order valence-corrected chi connectivity index (χ0v) is 14.8. The van der Waals surface area contributed by atoms with Crippen LogP contribution >= 0.6 is 0 Å². The van der Waals surface area contributed by atoms with E-state index in [0.717, 1.165) is 16.3 Å². The number of phenols is 1. The minimum Gasteiger partial charge on any atom is -0.508 e. The summed E-state index contributed by atoms with van der Waals surface area (Å²) in [7, 11) is 0. The maximum atomic E-state index is 11.0. The number of rotatable bonds is 5. The van der Waals surface area contributed by atoms with E-state index in [1.54, 1.807) is 24.4 Å². The summed E-state index contributed by atoms with van der Waals surface area (Å²) in [6, 6.07) is 22.7. The SMILES string of the molecule is O=[N+]([O-])c1ccc(C(Nc2ccccn2)c2c(O)ccc3ccccc23)cc1. The first kappa shape index (κ1) is 17.5. The number of non-ortho nitro benzene ring substituents is 1. The van der Waals surface area contributed by atoms with Crippen molar-refractivity contribution < 1.29 is 10.0 Å². The summed E-state index contributed by atoms with van der Waals surface area (Å²) in [6.45, 7) is 0. The number of nitrogens with one attached hydrogen (secondary N) is 1. The highest BCUT2D eigenvalue weighted by Crippen LogP contribution is 2.37. The number of fused-ring (bicyclic) bond motifs is 1. The molecule has 0 spiro atoms. The lowest BCUT2D eigenvalue weighted by atomic mass is 9.92. The third-order valence-corrected chi connectivity index (χ3v) is 4.63. The molecule has 0 aliphatic rings. The van der Waals surface area contributed by atoms with Gasteiger partial charge in [0, 0.05) is 23.9 Å². The number of nitro benzene ring substituents is 1. The van der Waals surface area contributed by atoms with E-state index >= 15 is 0 Å². The van der Waals surface area contributed by atoms with Crippen molar-refractivity contribution >= 4 is 22.3 Å². The molecule has 138 valence electrons. The number of anilines is 1. The minimum atomic E-state index is -0.443. The fraction of sp³-hybridized carbons (Fsp3) is 0.0455. The van der Waals surface area contributed by atoms with Gasteiger partial charge in [-0.2, -0.15) is 0 Å². The van der Waals surface area contributed by atoms with Crippen LogP contribution in [-0.4, -0.2) is 15.0 Å². The van der Waals surface area contributed by atoms with Gasteiger partial charge in [-0.25, -0.2) is 4.98 Å². The standard InChI is InChI=1S/C22H17N3O3/c26-19-13-10-15-5-1-2-6-18(15)21(19)22(24-20-7-3-4-14-23-20)16-8-11-17(12-9-16)25(27)28/h1-14,22,26H,(H,23,24). The first-order chi connectivity index (χ1) is 13.6. The molecular formula is C22H17N3O3. The quantitative estimate of drug-likeness (QED) is 0.378. The fourth-order valence-corrected chi connectivity index (χ4v) is 3.29. The number of hydrogen-bond acceptors (Lipinski definition) is 5. The lowest BCUT2D eigenvalue weighted by molar-refractivity contribution is -0.384. The molecule has 6 nitrogen and oxygen atoms in total. The van der Waals surface area contributed by atoms with Gasteiger partial charge in [0.05, 0.1) is 11.0 Å². The molecule has 28 heavy (non-hydrogen) atoms. The third kappa shape index (κ3) is 3.35. The summed E-state index contributed by atoms with van der Waals surface area (Å²) in [6.07, 6.45) is 1.68. The van der Waals surface area contributed by atoms with E-state index in [4.69, 9.17) is 0 Å². The van der Waals surface area contributed by atoms with Gasteiger partial charge in [-0.15, -0.1) is 0 Å². The van der Waals surface area contributed by atoms with Crippen molar-refractivity contribution in [1.29, 1.82) is 0 Å². The molecule has 4 aromatic rings. The number of phenolic OH excluding ortho intramolecular Hbond substituents is 1. The maximum absolute atomic E-state index is 11.0. The molecule has 1 unspecified atom stereocenters. The normalized spacial score (nSPS) is 11.9.